The van der Waals surface area contributed by atoms with Crippen molar-refractivity contribution < 1.29 is 9.90 Å². The molecule has 1 aromatic carbocycles. The molecule has 5 rings (SSSR count). The quantitative estimate of drug-likeness (QED) is 0.655. The number of amides is 1. The van der Waals surface area contributed by atoms with Gasteiger partial charge in [-0.15, -0.1) is 0 Å². The molecule has 0 radical (unpaired) electrons. The lowest BCUT2D eigenvalue weighted by molar-refractivity contribution is 0.0765. The van der Waals surface area contributed by atoms with Gasteiger partial charge < -0.3 is 15.0 Å². The Bertz CT molecular complexity index is 1030. The fourth-order valence-corrected chi connectivity index (χ4v) is 4.79. The summed E-state index contributed by atoms with van der Waals surface area (Å²) in [6.07, 6.45) is 4.80. The average molecular weight is 378 g/mol. The second kappa shape index (κ2) is 6.78. The van der Waals surface area contributed by atoms with E-state index in [1.807, 2.05) is 31.2 Å². The van der Waals surface area contributed by atoms with Crippen molar-refractivity contribution in [3.63, 3.8) is 0 Å². The van der Waals surface area contributed by atoms with Gasteiger partial charge in [-0.1, -0.05) is 0 Å². The van der Waals surface area contributed by atoms with Crippen LogP contribution in [0.1, 0.15) is 45.8 Å². The lowest BCUT2D eigenvalue weighted by Crippen LogP contribution is -2.29. The van der Waals surface area contributed by atoms with Gasteiger partial charge in [0.2, 0.25) is 0 Å². The average Bonchev–Trinajstić information content (AvgIpc) is 3.38. The van der Waals surface area contributed by atoms with E-state index in [1.54, 1.807) is 4.90 Å². The molecule has 1 aliphatic carbocycles. The first-order valence-electron chi connectivity index (χ1n) is 10.2. The smallest absolute Gasteiger partial charge is 0.253 e. The molecule has 0 bridgehead atoms. The highest BCUT2D eigenvalue weighted by Crippen LogP contribution is 2.30. The molecule has 2 unspecified atom stereocenters. The standard InChI is InChI=1S/C22H26N4O2/c1-13-8-16(25-24-13)9-15-11-26(12-21(15)27)22(28)14-6-7-20-18(10-14)17-4-2-3-5-19(17)23-20/h6-8,10,15,21,23,27H,2-5,9,11-12H2,1H3,(H,24,25). The molecular weight excluding hydrogens is 352 g/mol. The van der Waals surface area contributed by atoms with Gasteiger partial charge in [0.1, 0.15) is 0 Å². The number of H-pyrrole nitrogens is 2. The molecule has 146 valence electrons. The van der Waals surface area contributed by atoms with Crippen molar-refractivity contribution in [2.75, 3.05) is 13.1 Å². The lowest BCUT2D eigenvalue weighted by Gasteiger charge is -2.16. The first kappa shape index (κ1) is 17.5. The third kappa shape index (κ3) is 3.02. The lowest BCUT2D eigenvalue weighted by atomic mass is 9.95. The first-order valence-corrected chi connectivity index (χ1v) is 10.2. The summed E-state index contributed by atoms with van der Waals surface area (Å²) in [5, 5.41) is 18.9. The number of hydrogen-bond donors (Lipinski definition) is 3. The number of nitrogens with one attached hydrogen (secondary N) is 2. The summed E-state index contributed by atoms with van der Waals surface area (Å²) < 4.78 is 0. The van der Waals surface area contributed by atoms with Crippen LogP contribution in [0.3, 0.4) is 0 Å². The molecule has 1 fully saturated rings. The van der Waals surface area contributed by atoms with Crippen molar-refractivity contribution in [3.05, 3.63) is 52.5 Å². The number of aliphatic hydroxyl groups is 1. The van der Waals surface area contributed by atoms with Crippen LogP contribution >= 0.6 is 0 Å². The number of rotatable bonds is 3. The fourth-order valence-electron chi connectivity index (χ4n) is 4.79. The number of nitrogens with zero attached hydrogens (tertiary/aromatic N) is 2. The highest BCUT2D eigenvalue weighted by atomic mass is 16.3. The van der Waals surface area contributed by atoms with Crippen LogP contribution in [0.15, 0.2) is 24.3 Å². The third-order valence-electron chi connectivity index (χ3n) is 6.27. The van der Waals surface area contributed by atoms with E-state index in [1.165, 1.54) is 29.5 Å². The zero-order chi connectivity index (χ0) is 19.3. The van der Waals surface area contributed by atoms with E-state index in [9.17, 15) is 9.90 Å². The van der Waals surface area contributed by atoms with Crippen LogP contribution in [-0.4, -0.2) is 50.3 Å². The van der Waals surface area contributed by atoms with Gasteiger partial charge in [-0.3, -0.25) is 9.89 Å². The van der Waals surface area contributed by atoms with Gasteiger partial charge >= 0.3 is 0 Å². The van der Waals surface area contributed by atoms with Crippen LogP contribution < -0.4 is 0 Å². The maximum Gasteiger partial charge on any atom is 0.253 e. The summed E-state index contributed by atoms with van der Waals surface area (Å²) in [7, 11) is 0. The molecular formula is C22H26N4O2. The number of likely N-dealkylation sites (tertiary alicyclic amines) is 1. The zero-order valence-electron chi connectivity index (χ0n) is 16.2. The van der Waals surface area contributed by atoms with Gasteiger partial charge in [0.15, 0.2) is 0 Å². The maximum atomic E-state index is 13.1. The molecule has 1 saturated heterocycles. The second-order valence-electron chi connectivity index (χ2n) is 8.33. The summed E-state index contributed by atoms with van der Waals surface area (Å²) in [5.41, 5.74) is 6.50. The van der Waals surface area contributed by atoms with Crippen molar-refractivity contribution in [2.24, 2.45) is 5.92 Å². The second-order valence-corrected chi connectivity index (χ2v) is 8.33. The Labute approximate surface area is 163 Å². The fraction of sp³-hybridized carbons (Fsp3) is 0.455. The Morgan fingerprint density at radius 2 is 2.11 bits per heavy atom. The minimum atomic E-state index is -0.510. The molecule has 28 heavy (non-hydrogen) atoms. The van der Waals surface area contributed by atoms with E-state index in [0.29, 0.717) is 25.1 Å². The van der Waals surface area contributed by atoms with Crippen molar-refractivity contribution in [3.8, 4) is 0 Å². The Morgan fingerprint density at radius 3 is 2.93 bits per heavy atom. The predicted molar refractivity (Wildman–Crippen MR) is 107 cm³/mol. The minimum Gasteiger partial charge on any atom is -0.391 e. The highest BCUT2D eigenvalue weighted by Gasteiger charge is 2.35. The van der Waals surface area contributed by atoms with Crippen molar-refractivity contribution >= 4 is 16.8 Å². The van der Waals surface area contributed by atoms with Gasteiger partial charge in [-0.2, -0.15) is 5.10 Å². The van der Waals surface area contributed by atoms with Crippen LogP contribution in [0, 0.1) is 12.8 Å². The Hall–Kier alpha value is -2.60. The number of hydrogen-bond acceptors (Lipinski definition) is 3. The number of aliphatic hydroxyl groups excluding tert-OH is 1. The normalized spacial score (nSPS) is 22.0. The summed E-state index contributed by atoms with van der Waals surface area (Å²) in [6.45, 7) is 2.92. The van der Waals surface area contributed by atoms with E-state index < -0.39 is 6.10 Å². The van der Waals surface area contributed by atoms with Crippen LogP contribution in [0.5, 0.6) is 0 Å². The molecule has 0 spiro atoms. The summed E-state index contributed by atoms with van der Waals surface area (Å²) in [6, 6.07) is 7.97. The number of β-amino-alcohol motifs (C(OH)–C–C–N with tert-alkyl or cyclic N) is 1. The molecule has 6 nitrogen and oxygen atoms in total. The van der Waals surface area contributed by atoms with Crippen LogP contribution in [0.2, 0.25) is 0 Å². The number of aromatic nitrogens is 3. The number of carbonyl (C=O) groups excluding carboxylic acids is 1. The number of carbonyl (C=O) groups is 1. The number of aryl methyl sites for hydroxylation is 3. The predicted octanol–water partition coefficient (Wildman–Crippen LogP) is 2.75. The van der Waals surface area contributed by atoms with Crippen molar-refractivity contribution in [1.29, 1.82) is 0 Å². The minimum absolute atomic E-state index is 0.00687. The van der Waals surface area contributed by atoms with Gasteiger partial charge in [0.25, 0.3) is 5.91 Å². The number of benzene rings is 1. The van der Waals surface area contributed by atoms with Crippen molar-refractivity contribution in [2.45, 2.75) is 45.1 Å². The van der Waals surface area contributed by atoms with Gasteiger partial charge in [0.05, 0.1) is 11.8 Å². The van der Waals surface area contributed by atoms with Gasteiger partial charge in [-0.05, 0) is 68.9 Å². The first-order chi connectivity index (χ1) is 13.6. The molecule has 3 heterocycles. The molecule has 1 aliphatic heterocycles. The topological polar surface area (TPSA) is 85.0 Å². The SMILES string of the molecule is Cc1cc(CC2CN(C(=O)c3ccc4[nH]c5c(c4c3)CCCC5)CC2O)n[nH]1. The van der Waals surface area contributed by atoms with Crippen LogP contribution in [0.25, 0.3) is 10.9 Å². The molecule has 2 aliphatic rings. The van der Waals surface area contributed by atoms with E-state index in [-0.39, 0.29) is 11.8 Å². The Kier molecular flexibility index (Phi) is 4.23. The molecule has 3 N–H and O–H groups in total. The molecule has 3 aromatic rings. The zero-order valence-corrected chi connectivity index (χ0v) is 16.2. The van der Waals surface area contributed by atoms with E-state index in [0.717, 1.165) is 29.7 Å². The Balaban J connectivity index is 1.36. The molecule has 0 saturated carbocycles. The van der Waals surface area contributed by atoms with Crippen LogP contribution in [-0.2, 0) is 19.3 Å². The van der Waals surface area contributed by atoms with Crippen LogP contribution in [0.4, 0.5) is 0 Å². The van der Waals surface area contributed by atoms with E-state index in [2.05, 4.69) is 15.2 Å². The largest absolute Gasteiger partial charge is 0.391 e. The van der Waals surface area contributed by atoms with Crippen molar-refractivity contribution in [1.82, 2.24) is 20.1 Å². The van der Waals surface area contributed by atoms with Gasteiger partial charge in [-0.25, -0.2) is 0 Å². The molecule has 2 atom stereocenters. The molecule has 6 heteroatoms. The number of fused-ring (bicyclic) bond motifs is 3. The molecule has 1 amide bonds. The summed E-state index contributed by atoms with van der Waals surface area (Å²) in [5.74, 6) is 0.0304. The van der Waals surface area contributed by atoms with E-state index in [4.69, 9.17) is 0 Å². The highest BCUT2D eigenvalue weighted by molar-refractivity contribution is 5.99. The maximum absolute atomic E-state index is 13.1. The Morgan fingerprint density at radius 1 is 1.25 bits per heavy atom. The molecule has 2 aromatic heterocycles. The number of aromatic amines is 2. The monoisotopic (exact) mass is 378 g/mol. The van der Waals surface area contributed by atoms with Gasteiger partial charge in [0, 0.05) is 46.9 Å². The summed E-state index contributed by atoms with van der Waals surface area (Å²) in [4.78, 5) is 18.4. The third-order valence-corrected chi connectivity index (χ3v) is 6.27. The van der Waals surface area contributed by atoms with E-state index >= 15 is 0 Å². The summed E-state index contributed by atoms with van der Waals surface area (Å²) >= 11 is 0.